The number of fused-ring (bicyclic) bond motifs is 10. The predicted molar refractivity (Wildman–Crippen MR) is 219 cm³/mol. The van der Waals surface area contributed by atoms with Crippen LogP contribution < -0.4 is 0 Å². The van der Waals surface area contributed by atoms with Gasteiger partial charge in [-0.1, -0.05) is 133 Å². The molecule has 0 N–H and O–H groups in total. The van der Waals surface area contributed by atoms with Gasteiger partial charge in [0.2, 0.25) is 5.95 Å². The average molecular weight is 710 g/mol. The Morgan fingerprint density at radius 1 is 0.444 bits per heavy atom. The maximum absolute atomic E-state index is 6.09. The second-order valence-electron chi connectivity index (χ2n) is 13.6. The first-order valence-corrected chi connectivity index (χ1v) is 18.8. The first-order valence-electron chi connectivity index (χ1n) is 17.9. The standard InChI is InChI=1S/C47H27N5OS/c1-2-11-29(12-3-1)44-48-45(30-23-21-28(22-24-30)31-25-26-39-35(27-31)32-13-5-8-18-38(32)53-39)50-47(49-44)52-36-16-6-4-14-33(36)42-34-15-10-20-41-43(34)51(46(42)52)37-17-7-9-19-40(37)54-41/h1-27H. The summed E-state index contributed by atoms with van der Waals surface area (Å²) in [7, 11) is 0. The van der Waals surface area contributed by atoms with Crippen molar-refractivity contribution in [2.45, 2.75) is 9.79 Å². The zero-order valence-electron chi connectivity index (χ0n) is 28.6. The molecule has 252 valence electrons. The molecule has 1 aliphatic rings. The third-order valence-electron chi connectivity index (χ3n) is 10.6. The van der Waals surface area contributed by atoms with Gasteiger partial charge in [0.25, 0.3) is 0 Å². The zero-order chi connectivity index (χ0) is 35.3. The van der Waals surface area contributed by atoms with Gasteiger partial charge in [-0.05, 0) is 53.6 Å². The molecule has 0 bridgehead atoms. The number of rotatable bonds is 4. The van der Waals surface area contributed by atoms with E-state index in [4.69, 9.17) is 19.4 Å². The molecule has 0 fully saturated rings. The minimum absolute atomic E-state index is 0.572. The Kier molecular flexibility index (Phi) is 6.18. The monoisotopic (exact) mass is 709 g/mol. The second-order valence-corrected chi connectivity index (χ2v) is 14.7. The Hall–Kier alpha value is -6.96. The summed E-state index contributed by atoms with van der Waals surface area (Å²) < 4.78 is 10.7. The molecule has 1 aliphatic heterocycles. The first-order chi connectivity index (χ1) is 26.8. The van der Waals surface area contributed by atoms with Crippen LogP contribution in [0.1, 0.15) is 0 Å². The van der Waals surface area contributed by atoms with Crippen molar-refractivity contribution >= 4 is 66.5 Å². The summed E-state index contributed by atoms with van der Waals surface area (Å²) in [4.78, 5) is 18.1. The van der Waals surface area contributed by atoms with Crippen LogP contribution in [0.4, 0.5) is 0 Å². The van der Waals surface area contributed by atoms with Gasteiger partial charge < -0.3 is 4.42 Å². The van der Waals surface area contributed by atoms with Crippen LogP contribution >= 0.6 is 11.8 Å². The molecular formula is C47H27N5OS. The second kappa shape index (κ2) is 11.3. The van der Waals surface area contributed by atoms with Gasteiger partial charge in [0.1, 0.15) is 16.8 Å². The molecule has 0 unspecified atom stereocenters. The smallest absolute Gasteiger partial charge is 0.239 e. The molecule has 5 heterocycles. The van der Waals surface area contributed by atoms with Gasteiger partial charge in [-0.2, -0.15) is 9.97 Å². The molecule has 7 aromatic carbocycles. The van der Waals surface area contributed by atoms with Crippen molar-refractivity contribution in [1.82, 2.24) is 24.1 Å². The van der Waals surface area contributed by atoms with E-state index in [2.05, 4.69) is 143 Å². The highest BCUT2D eigenvalue weighted by Gasteiger charge is 2.28. The molecule has 7 heteroatoms. The summed E-state index contributed by atoms with van der Waals surface area (Å²) in [6, 6.07) is 57.1. The lowest BCUT2D eigenvalue weighted by Gasteiger charge is -2.20. The van der Waals surface area contributed by atoms with Crippen molar-refractivity contribution in [2.75, 3.05) is 0 Å². The van der Waals surface area contributed by atoms with E-state index in [0.717, 1.165) is 66.4 Å². The van der Waals surface area contributed by atoms with Crippen LogP contribution in [0.15, 0.2) is 178 Å². The van der Waals surface area contributed by atoms with Crippen molar-refractivity contribution in [3.8, 4) is 45.5 Å². The van der Waals surface area contributed by atoms with Crippen LogP contribution in [0.5, 0.6) is 0 Å². The van der Waals surface area contributed by atoms with E-state index in [9.17, 15) is 0 Å². The van der Waals surface area contributed by atoms with E-state index in [1.165, 1.54) is 26.1 Å². The fourth-order valence-corrected chi connectivity index (χ4v) is 9.25. The lowest BCUT2D eigenvalue weighted by molar-refractivity contribution is 0.669. The largest absolute Gasteiger partial charge is 0.456 e. The number of benzene rings is 7. The van der Waals surface area contributed by atoms with Crippen LogP contribution in [0, 0.1) is 0 Å². The molecule has 0 saturated carbocycles. The highest BCUT2D eigenvalue weighted by molar-refractivity contribution is 7.99. The number of nitrogens with zero attached hydrogens (tertiary/aromatic N) is 5. The Morgan fingerprint density at radius 3 is 1.96 bits per heavy atom. The number of aromatic nitrogens is 5. The Morgan fingerprint density at radius 2 is 1.09 bits per heavy atom. The summed E-state index contributed by atoms with van der Waals surface area (Å²) in [5.41, 5.74) is 10.3. The van der Waals surface area contributed by atoms with E-state index in [1.54, 1.807) is 0 Å². The fraction of sp³-hybridized carbons (Fsp3) is 0. The summed E-state index contributed by atoms with van der Waals surface area (Å²) in [6.07, 6.45) is 0. The topological polar surface area (TPSA) is 61.7 Å². The Balaban J connectivity index is 1.09. The van der Waals surface area contributed by atoms with E-state index < -0.39 is 0 Å². The third-order valence-corrected chi connectivity index (χ3v) is 11.7. The van der Waals surface area contributed by atoms with Gasteiger partial charge in [0.05, 0.1) is 16.7 Å². The zero-order valence-corrected chi connectivity index (χ0v) is 29.5. The molecule has 6 nitrogen and oxygen atoms in total. The Labute approximate surface area is 313 Å². The maximum Gasteiger partial charge on any atom is 0.239 e. The molecule has 12 rings (SSSR count). The molecule has 0 atom stereocenters. The predicted octanol–water partition coefficient (Wildman–Crippen LogP) is 12.3. The normalized spacial score (nSPS) is 12.4. The summed E-state index contributed by atoms with van der Waals surface area (Å²) in [5, 5.41) is 5.79. The fourth-order valence-electron chi connectivity index (χ4n) is 8.16. The molecule has 0 amide bonds. The summed E-state index contributed by atoms with van der Waals surface area (Å²) in [5.74, 6) is 1.80. The van der Waals surface area contributed by atoms with E-state index in [1.807, 2.05) is 42.1 Å². The van der Waals surface area contributed by atoms with Gasteiger partial charge in [-0.15, -0.1) is 0 Å². The maximum atomic E-state index is 6.09. The summed E-state index contributed by atoms with van der Waals surface area (Å²) in [6.45, 7) is 0. The number of hydrogen-bond donors (Lipinski definition) is 0. The van der Waals surface area contributed by atoms with Crippen LogP contribution in [-0.4, -0.2) is 24.1 Å². The van der Waals surface area contributed by atoms with Gasteiger partial charge in [0, 0.05) is 47.8 Å². The highest BCUT2D eigenvalue weighted by atomic mass is 32.2. The highest BCUT2D eigenvalue weighted by Crippen LogP contribution is 2.49. The number of para-hydroxylation sites is 4. The van der Waals surface area contributed by atoms with Crippen molar-refractivity contribution in [2.24, 2.45) is 0 Å². The average Bonchev–Trinajstić information content (AvgIpc) is 3.90. The van der Waals surface area contributed by atoms with Crippen LogP contribution in [0.25, 0.3) is 100 Å². The van der Waals surface area contributed by atoms with Crippen molar-refractivity contribution < 1.29 is 4.42 Å². The lowest BCUT2D eigenvalue weighted by Crippen LogP contribution is -2.10. The van der Waals surface area contributed by atoms with E-state index in [0.29, 0.717) is 17.6 Å². The van der Waals surface area contributed by atoms with Gasteiger partial charge in [0.15, 0.2) is 11.6 Å². The summed E-state index contributed by atoms with van der Waals surface area (Å²) >= 11 is 1.82. The van der Waals surface area contributed by atoms with Crippen molar-refractivity contribution in [1.29, 1.82) is 0 Å². The molecule has 4 aromatic heterocycles. The van der Waals surface area contributed by atoms with Gasteiger partial charge >= 0.3 is 0 Å². The van der Waals surface area contributed by atoms with Crippen molar-refractivity contribution in [3.63, 3.8) is 0 Å². The molecule has 11 aromatic rings. The third kappa shape index (κ3) is 4.27. The number of hydrogen-bond acceptors (Lipinski definition) is 5. The van der Waals surface area contributed by atoms with Gasteiger partial charge in [-0.25, -0.2) is 4.98 Å². The first kappa shape index (κ1) is 29.6. The van der Waals surface area contributed by atoms with Crippen LogP contribution in [-0.2, 0) is 0 Å². The SMILES string of the molecule is c1ccc(-c2nc(-c3ccc(-c4ccc5oc6ccccc6c5c4)cc3)nc(-n3c4ccccc4c4c5cccc6c5n(c43)-c3ccccc3S6)n2)cc1. The molecule has 0 radical (unpaired) electrons. The molecule has 0 saturated heterocycles. The van der Waals surface area contributed by atoms with Crippen LogP contribution in [0.2, 0.25) is 0 Å². The Bertz CT molecular complexity index is 3300. The van der Waals surface area contributed by atoms with E-state index >= 15 is 0 Å². The quantitative estimate of drug-likeness (QED) is 0.182. The molecule has 0 aliphatic carbocycles. The van der Waals surface area contributed by atoms with Crippen LogP contribution in [0.3, 0.4) is 0 Å². The molecular weight excluding hydrogens is 683 g/mol. The minimum Gasteiger partial charge on any atom is -0.456 e. The minimum atomic E-state index is 0.572. The number of furan rings is 1. The lowest BCUT2D eigenvalue weighted by atomic mass is 10.0. The van der Waals surface area contributed by atoms with E-state index in [-0.39, 0.29) is 0 Å². The van der Waals surface area contributed by atoms with Crippen molar-refractivity contribution in [3.05, 3.63) is 164 Å². The van der Waals surface area contributed by atoms with Gasteiger partial charge in [-0.3, -0.25) is 9.13 Å². The molecule has 0 spiro atoms. The molecule has 54 heavy (non-hydrogen) atoms.